The van der Waals surface area contributed by atoms with E-state index < -0.39 is 67.3 Å². The molecule has 426 valence electrons. The number of hydrogen-bond donors (Lipinski definition) is 3. The largest absolute Gasteiger partial charge is 0.479 e. The lowest BCUT2D eigenvalue weighted by Crippen LogP contribution is -2.61. The van der Waals surface area contributed by atoms with Crippen LogP contribution in [0.4, 0.5) is 0 Å². The fourth-order valence-electron chi connectivity index (χ4n) is 9.29. The third kappa shape index (κ3) is 40.2. The van der Waals surface area contributed by atoms with Crippen molar-refractivity contribution in [1.82, 2.24) is 0 Å². The summed E-state index contributed by atoms with van der Waals surface area (Å²) < 4.78 is 28.4. The Labute approximate surface area is 445 Å². The van der Waals surface area contributed by atoms with Gasteiger partial charge in [0.25, 0.3) is 0 Å². The Bertz CT molecular complexity index is 1370. The zero-order valence-electron chi connectivity index (χ0n) is 46.9. The Morgan fingerprint density at radius 3 is 1.22 bits per heavy atom. The second-order valence-electron chi connectivity index (χ2n) is 21.0. The van der Waals surface area contributed by atoms with E-state index in [9.17, 15) is 34.5 Å². The van der Waals surface area contributed by atoms with Crippen LogP contribution in [0.15, 0.2) is 24.3 Å². The van der Waals surface area contributed by atoms with Crippen LogP contribution in [0.2, 0.25) is 0 Å². The van der Waals surface area contributed by atoms with E-state index in [1.807, 2.05) is 0 Å². The first kappa shape index (κ1) is 68.2. The van der Waals surface area contributed by atoms with Crippen LogP contribution in [-0.4, -0.2) is 89.2 Å². The lowest BCUT2D eigenvalue weighted by Gasteiger charge is -2.40. The van der Waals surface area contributed by atoms with Gasteiger partial charge in [-0.05, 0) is 64.2 Å². The van der Waals surface area contributed by atoms with Gasteiger partial charge in [0.05, 0.1) is 6.61 Å². The molecule has 0 aromatic carbocycles. The Hall–Kier alpha value is -2.80. The standard InChI is InChI=1S/C61H110O12/c1-4-7-10-13-16-19-22-24-25-26-27-28-29-31-33-35-38-41-44-47-53(62)69-50-52(71-54(63)48-45-42-39-36-32-21-18-15-12-9-6-3)51-70-61-59(57(66)56(65)58(73-61)60(67)68)72-55(64)49-46-43-40-37-34-30-23-20-17-14-11-8-5-2/h15,18,20,23,52,56-59,61,65-66H,4-14,16-17,19,21-22,24-51H2,1-3H3,(H,67,68)/b18-15-,23-20-. The molecule has 1 aliphatic rings. The van der Waals surface area contributed by atoms with E-state index in [0.717, 1.165) is 96.3 Å². The molecule has 0 radical (unpaired) electrons. The van der Waals surface area contributed by atoms with Crippen molar-refractivity contribution in [2.45, 2.75) is 327 Å². The van der Waals surface area contributed by atoms with Crippen LogP contribution in [0.25, 0.3) is 0 Å². The molecular weight excluding hydrogens is 925 g/mol. The van der Waals surface area contributed by atoms with Gasteiger partial charge in [0, 0.05) is 19.3 Å². The summed E-state index contributed by atoms with van der Waals surface area (Å²) in [5, 5.41) is 31.4. The molecule has 0 aromatic heterocycles. The van der Waals surface area contributed by atoms with E-state index in [0.29, 0.717) is 19.3 Å². The number of aliphatic carboxylic acids is 1. The van der Waals surface area contributed by atoms with E-state index in [-0.39, 0.29) is 25.9 Å². The first-order valence-electron chi connectivity index (χ1n) is 30.3. The number of ether oxygens (including phenoxy) is 5. The maximum atomic E-state index is 13.1. The van der Waals surface area contributed by atoms with Crippen molar-refractivity contribution in [3.05, 3.63) is 24.3 Å². The van der Waals surface area contributed by atoms with Gasteiger partial charge in [0.15, 0.2) is 24.6 Å². The molecule has 12 heteroatoms. The van der Waals surface area contributed by atoms with Gasteiger partial charge in [0.1, 0.15) is 18.8 Å². The van der Waals surface area contributed by atoms with Gasteiger partial charge >= 0.3 is 23.9 Å². The first-order valence-corrected chi connectivity index (χ1v) is 30.3. The highest BCUT2D eigenvalue weighted by Crippen LogP contribution is 2.27. The number of carbonyl (C=O) groups is 4. The molecule has 0 spiro atoms. The number of esters is 3. The zero-order valence-corrected chi connectivity index (χ0v) is 46.9. The summed E-state index contributed by atoms with van der Waals surface area (Å²) in [5.74, 6) is -3.11. The molecule has 1 rings (SSSR count). The van der Waals surface area contributed by atoms with Gasteiger partial charge in [-0.2, -0.15) is 0 Å². The van der Waals surface area contributed by atoms with Crippen LogP contribution in [-0.2, 0) is 42.9 Å². The Balaban J connectivity index is 2.63. The molecule has 1 saturated heterocycles. The summed E-state index contributed by atoms with van der Waals surface area (Å²) >= 11 is 0. The second kappa shape index (κ2) is 50.0. The first-order chi connectivity index (χ1) is 35.6. The molecule has 3 N–H and O–H groups in total. The van der Waals surface area contributed by atoms with Crippen molar-refractivity contribution in [2.75, 3.05) is 13.2 Å². The lowest BCUT2D eigenvalue weighted by atomic mass is 9.98. The molecule has 6 unspecified atom stereocenters. The lowest BCUT2D eigenvalue weighted by molar-refractivity contribution is -0.301. The molecule has 6 atom stereocenters. The molecule has 0 aromatic rings. The third-order valence-electron chi connectivity index (χ3n) is 14.0. The minimum absolute atomic E-state index is 0.0534. The minimum atomic E-state index is -1.90. The number of hydrogen-bond acceptors (Lipinski definition) is 11. The molecule has 0 bridgehead atoms. The normalized spacial score (nSPS) is 18.4. The minimum Gasteiger partial charge on any atom is -0.479 e. The molecule has 0 saturated carbocycles. The van der Waals surface area contributed by atoms with Crippen molar-refractivity contribution in [2.24, 2.45) is 0 Å². The highest BCUT2D eigenvalue weighted by molar-refractivity contribution is 5.74. The summed E-state index contributed by atoms with van der Waals surface area (Å²) in [5.41, 5.74) is 0. The SMILES string of the molecule is CCCC/C=C\CCCCCCCC(=O)OC(COC(=O)CCCCCCCCCCCCCCCCCCCCC)COC1OC(C(=O)O)C(O)C(O)C1OC(=O)CCCCCCC/C=C\CCCCCC. The van der Waals surface area contributed by atoms with Crippen LogP contribution < -0.4 is 0 Å². The van der Waals surface area contributed by atoms with E-state index in [4.69, 9.17) is 23.7 Å². The van der Waals surface area contributed by atoms with E-state index in [1.54, 1.807) is 0 Å². The van der Waals surface area contributed by atoms with Crippen LogP contribution in [0, 0.1) is 0 Å². The van der Waals surface area contributed by atoms with E-state index in [2.05, 4.69) is 45.1 Å². The molecule has 1 fully saturated rings. The summed E-state index contributed by atoms with van der Waals surface area (Å²) in [7, 11) is 0. The Kier molecular flexibility index (Phi) is 46.8. The highest BCUT2D eigenvalue weighted by atomic mass is 16.7. The van der Waals surface area contributed by atoms with Crippen molar-refractivity contribution in [1.29, 1.82) is 0 Å². The van der Waals surface area contributed by atoms with Gasteiger partial charge in [-0.3, -0.25) is 14.4 Å². The molecule has 73 heavy (non-hydrogen) atoms. The predicted molar refractivity (Wildman–Crippen MR) is 294 cm³/mol. The van der Waals surface area contributed by atoms with Crippen molar-refractivity contribution < 1.29 is 58.2 Å². The number of carbonyl (C=O) groups excluding carboxylic acids is 3. The molecule has 0 aliphatic carbocycles. The highest BCUT2D eigenvalue weighted by Gasteiger charge is 2.50. The molecular formula is C61H110O12. The summed E-state index contributed by atoms with van der Waals surface area (Å²) in [6, 6.07) is 0. The maximum absolute atomic E-state index is 13.1. The van der Waals surface area contributed by atoms with Gasteiger partial charge < -0.3 is 39.0 Å². The van der Waals surface area contributed by atoms with Crippen molar-refractivity contribution in [3.63, 3.8) is 0 Å². The van der Waals surface area contributed by atoms with Gasteiger partial charge in [-0.25, -0.2) is 4.79 Å². The van der Waals surface area contributed by atoms with Crippen LogP contribution in [0.3, 0.4) is 0 Å². The van der Waals surface area contributed by atoms with Crippen molar-refractivity contribution in [3.8, 4) is 0 Å². The Morgan fingerprint density at radius 1 is 0.438 bits per heavy atom. The monoisotopic (exact) mass is 1030 g/mol. The Morgan fingerprint density at radius 2 is 0.795 bits per heavy atom. The summed E-state index contributed by atoms with van der Waals surface area (Å²) in [6.45, 7) is 5.95. The predicted octanol–water partition coefficient (Wildman–Crippen LogP) is 15.5. The van der Waals surface area contributed by atoms with Crippen LogP contribution in [0.5, 0.6) is 0 Å². The summed E-state index contributed by atoms with van der Waals surface area (Å²) in [4.78, 5) is 51.0. The fraction of sp³-hybridized carbons (Fsp3) is 0.869. The number of unbranched alkanes of at least 4 members (excludes halogenated alkanes) is 34. The maximum Gasteiger partial charge on any atom is 0.335 e. The number of aliphatic hydroxyl groups excluding tert-OH is 2. The third-order valence-corrected chi connectivity index (χ3v) is 14.0. The zero-order chi connectivity index (χ0) is 53.3. The van der Waals surface area contributed by atoms with Crippen LogP contribution in [0.1, 0.15) is 290 Å². The van der Waals surface area contributed by atoms with Crippen molar-refractivity contribution >= 4 is 23.9 Å². The topological polar surface area (TPSA) is 175 Å². The number of rotatable bonds is 52. The number of carboxylic acid groups (broad SMARTS) is 1. The van der Waals surface area contributed by atoms with Gasteiger partial charge in [0.2, 0.25) is 0 Å². The smallest absolute Gasteiger partial charge is 0.335 e. The molecule has 0 amide bonds. The van der Waals surface area contributed by atoms with E-state index >= 15 is 0 Å². The van der Waals surface area contributed by atoms with Crippen LogP contribution >= 0.6 is 0 Å². The average molecular weight is 1040 g/mol. The van der Waals surface area contributed by atoms with Gasteiger partial charge in [-0.15, -0.1) is 0 Å². The molecule has 12 nitrogen and oxygen atoms in total. The molecule has 1 aliphatic heterocycles. The number of carboxylic acids is 1. The number of aliphatic hydroxyl groups is 2. The van der Waals surface area contributed by atoms with Gasteiger partial charge in [-0.1, -0.05) is 231 Å². The van der Waals surface area contributed by atoms with E-state index in [1.165, 1.54) is 135 Å². The number of allylic oxidation sites excluding steroid dienone is 4. The average Bonchev–Trinajstić information content (AvgIpc) is 3.37. The summed E-state index contributed by atoms with van der Waals surface area (Å²) in [6.07, 6.45) is 44.4. The second-order valence-corrected chi connectivity index (χ2v) is 21.0. The molecule has 1 heterocycles. The fourth-order valence-corrected chi connectivity index (χ4v) is 9.29. The quantitative estimate of drug-likeness (QED) is 0.0228.